The highest BCUT2D eigenvalue weighted by Crippen LogP contribution is 2.32. The fourth-order valence-electron chi connectivity index (χ4n) is 2.02. The standard InChI is InChI=1S/C14H15N5OS/c1-3-15-13-12(20-2)14(17-7-16-13)19-9-4-5-10-11(6-9)21-8-18-10/h4-8H,3H2,1-2H3,(H2,15,16,17,19). The maximum absolute atomic E-state index is 5.41. The molecule has 0 fully saturated rings. The molecule has 0 bridgehead atoms. The van der Waals surface area contributed by atoms with Gasteiger partial charge in [-0.3, -0.25) is 0 Å². The minimum Gasteiger partial charge on any atom is -0.490 e. The van der Waals surface area contributed by atoms with Crippen molar-refractivity contribution in [3.63, 3.8) is 0 Å². The Kier molecular flexibility index (Phi) is 3.83. The van der Waals surface area contributed by atoms with E-state index >= 15 is 0 Å². The molecule has 3 rings (SSSR count). The maximum atomic E-state index is 5.41. The van der Waals surface area contributed by atoms with Crippen molar-refractivity contribution in [3.8, 4) is 5.75 Å². The lowest BCUT2D eigenvalue weighted by Gasteiger charge is -2.13. The Hall–Kier alpha value is -2.41. The molecule has 0 aliphatic heterocycles. The molecule has 1 aromatic carbocycles. The third-order valence-corrected chi connectivity index (χ3v) is 3.74. The Morgan fingerprint density at radius 2 is 2.05 bits per heavy atom. The summed E-state index contributed by atoms with van der Waals surface area (Å²) in [4.78, 5) is 12.7. The fraction of sp³-hybridized carbons (Fsp3) is 0.214. The van der Waals surface area contributed by atoms with Gasteiger partial charge in [0, 0.05) is 12.2 Å². The summed E-state index contributed by atoms with van der Waals surface area (Å²) in [5, 5.41) is 6.42. The molecule has 0 radical (unpaired) electrons. The van der Waals surface area contributed by atoms with E-state index in [0.29, 0.717) is 17.4 Å². The first-order valence-electron chi connectivity index (χ1n) is 6.55. The molecule has 0 saturated heterocycles. The molecule has 0 atom stereocenters. The molecule has 6 nitrogen and oxygen atoms in total. The molecule has 3 aromatic rings. The number of aromatic nitrogens is 3. The van der Waals surface area contributed by atoms with E-state index in [1.165, 1.54) is 6.33 Å². The molecule has 0 spiro atoms. The first kappa shape index (κ1) is 13.6. The van der Waals surface area contributed by atoms with Gasteiger partial charge >= 0.3 is 0 Å². The summed E-state index contributed by atoms with van der Waals surface area (Å²) in [7, 11) is 1.61. The van der Waals surface area contributed by atoms with E-state index in [-0.39, 0.29) is 0 Å². The summed E-state index contributed by atoms with van der Waals surface area (Å²) in [6.07, 6.45) is 1.51. The van der Waals surface area contributed by atoms with Gasteiger partial charge in [0.05, 0.1) is 22.8 Å². The van der Waals surface area contributed by atoms with Crippen LogP contribution in [0.2, 0.25) is 0 Å². The van der Waals surface area contributed by atoms with E-state index in [9.17, 15) is 0 Å². The number of nitrogens with zero attached hydrogens (tertiary/aromatic N) is 3. The van der Waals surface area contributed by atoms with Crippen molar-refractivity contribution in [2.75, 3.05) is 24.3 Å². The van der Waals surface area contributed by atoms with E-state index in [1.54, 1.807) is 18.4 Å². The number of rotatable bonds is 5. The van der Waals surface area contributed by atoms with Crippen molar-refractivity contribution < 1.29 is 4.74 Å². The fourth-order valence-corrected chi connectivity index (χ4v) is 2.74. The molecule has 0 amide bonds. The van der Waals surface area contributed by atoms with Crippen LogP contribution in [-0.2, 0) is 0 Å². The Morgan fingerprint density at radius 3 is 2.86 bits per heavy atom. The van der Waals surface area contributed by atoms with Crippen LogP contribution in [0.1, 0.15) is 6.92 Å². The molecule has 0 aliphatic rings. The van der Waals surface area contributed by atoms with Crippen LogP contribution in [0.4, 0.5) is 17.3 Å². The van der Waals surface area contributed by atoms with Gasteiger partial charge in [-0.1, -0.05) is 0 Å². The van der Waals surface area contributed by atoms with Crippen LogP contribution in [0.15, 0.2) is 30.0 Å². The largest absolute Gasteiger partial charge is 0.490 e. The number of hydrogen-bond donors (Lipinski definition) is 2. The molecule has 21 heavy (non-hydrogen) atoms. The minimum absolute atomic E-state index is 0.601. The predicted molar refractivity (Wildman–Crippen MR) is 85.7 cm³/mol. The molecular weight excluding hydrogens is 286 g/mol. The van der Waals surface area contributed by atoms with Crippen LogP contribution >= 0.6 is 11.3 Å². The average Bonchev–Trinajstić information content (AvgIpc) is 2.95. The van der Waals surface area contributed by atoms with Gasteiger partial charge in [-0.25, -0.2) is 15.0 Å². The van der Waals surface area contributed by atoms with Crippen LogP contribution in [0.5, 0.6) is 5.75 Å². The lowest BCUT2D eigenvalue weighted by atomic mass is 10.3. The number of anilines is 3. The van der Waals surface area contributed by atoms with Crippen LogP contribution < -0.4 is 15.4 Å². The molecule has 0 saturated carbocycles. The van der Waals surface area contributed by atoms with Crippen LogP contribution in [0.3, 0.4) is 0 Å². The molecule has 108 valence electrons. The first-order valence-corrected chi connectivity index (χ1v) is 7.43. The van der Waals surface area contributed by atoms with Crippen LogP contribution in [0, 0.1) is 0 Å². The molecule has 2 aromatic heterocycles. The zero-order valence-electron chi connectivity index (χ0n) is 11.8. The quantitative estimate of drug-likeness (QED) is 0.753. The van der Waals surface area contributed by atoms with Gasteiger partial charge in [-0.2, -0.15) is 0 Å². The smallest absolute Gasteiger partial charge is 0.204 e. The number of hydrogen-bond acceptors (Lipinski definition) is 7. The molecule has 2 heterocycles. The second-order valence-electron chi connectivity index (χ2n) is 4.29. The summed E-state index contributed by atoms with van der Waals surface area (Å²) in [5.74, 6) is 1.91. The number of ether oxygens (including phenoxy) is 1. The van der Waals surface area contributed by atoms with Crippen LogP contribution in [0.25, 0.3) is 10.2 Å². The predicted octanol–water partition coefficient (Wildman–Crippen LogP) is 3.27. The summed E-state index contributed by atoms with van der Waals surface area (Å²) in [6.45, 7) is 2.77. The summed E-state index contributed by atoms with van der Waals surface area (Å²) < 4.78 is 6.54. The number of nitrogens with one attached hydrogen (secondary N) is 2. The highest BCUT2D eigenvalue weighted by atomic mass is 32.1. The molecule has 0 unspecified atom stereocenters. The van der Waals surface area contributed by atoms with E-state index in [1.807, 2.05) is 30.6 Å². The van der Waals surface area contributed by atoms with E-state index in [4.69, 9.17) is 4.74 Å². The molecule has 0 aliphatic carbocycles. The lowest BCUT2D eigenvalue weighted by Crippen LogP contribution is -2.05. The summed E-state index contributed by atoms with van der Waals surface area (Å²) >= 11 is 1.61. The normalized spacial score (nSPS) is 10.6. The van der Waals surface area contributed by atoms with Crippen molar-refractivity contribution >= 4 is 38.9 Å². The molecule has 2 N–H and O–H groups in total. The number of fused-ring (bicyclic) bond motifs is 1. The second-order valence-corrected chi connectivity index (χ2v) is 5.18. The lowest BCUT2D eigenvalue weighted by molar-refractivity contribution is 0.415. The van der Waals surface area contributed by atoms with Gasteiger partial charge in [0.2, 0.25) is 5.75 Å². The van der Waals surface area contributed by atoms with Gasteiger partial charge in [-0.05, 0) is 25.1 Å². The van der Waals surface area contributed by atoms with Gasteiger partial charge in [-0.15, -0.1) is 11.3 Å². The zero-order chi connectivity index (χ0) is 14.7. The maximum Gasteiger partial charge on any atom is 0.204 e. The van der Waals surface area contributed by atoms with Crippen molar-refractivity contribution in [3.05, 3.63) is 30.0 Å². The SMILES string of the molecule is CCNc1ncnc(Nc2ccc3ncsc3c2)c1OC. The van der Waals surface area contributed by atoms with Crippen molar-refractivity contribution in [2.45, 2.75) is 6.92 Å². The minimum atomic E-state index is 0.601. The third-order valence-electron chi connectivity index (χ3n) is 2.95. The summed E-state index contributed by atoms with van der Waals surface area (Å²) in [6, 6.07) is 5.99. The Morgan fingerprint density at radius 1 is 1.19 bits per heavy atom. The van der Waals surface area contributed by atoms with E-state index < -0.39 is 0 Å². The van der Waals surface area contributed by atoms with Gasteiger partial charge < -0.3 is 15.4 Å². The second kappa shape index (κ2) is 5.92. The van der Waals surface area contributed by atoms with Crippen molar-refractivity contribution in [1.82, 2.24) is 15.0 Å². The number of thiazole rings is 1. The van der Waals surface area contributed by atoms with E-state index in [2.05, 4.69) is 25.6 Å². The van der Waals surface area contributed by atoms with Gasteiger partial charge in [0.15, 0.2) is 11.6 Å². The Bertz CT molecular complexity index is 758. The zero-order valence-corrected chi connectivity index (χ0v) is 12.6. The topological polar surface area (TPSA) is 72.0 Å². The number of methoxy groups -OCH3 is 1. The molecular formula is C14H15N5OS. The highest BCUT2D eigenvalue weighted by molar-refractivity contribution is 7.16. The van der Waals surface area contributed by atoms with Crippen molar-refractivity contribution in [1.29, 1.82) is 0 Å². The van der Waals surface area contributed by atoms with E-state index in [0.717, 1.165) is 22.4 Å². The average molecular weight is 301 g/mol. The summed E-state index contributed by atoms with van der Waals surface area (Å²) in [5.41, 5.74) is 3.77. The van der Waals surface area contributed by atoms with Crippen LogP contribution in [-0.4, -0.2) is 28.6 Å². The van der Waals surface area contributed by atoms with Crippen molar-refractivity contribution in [2.24, 2.45) is 0 Å². The number of benzene rings is 1. The highest BCUT2D eigenvalue weighted by Gasteiger charge is 2.12. The Balaban J connectivity index is 1.94. The first-order chi connectivity index (χ1) is 10.3. The van der Waals surface area contributed by atoms with Gasteiger partial charge in [0.1, 0.15) is 6.33 Å². The third kappa shape index (κ3) is 2.73. The Labute approximate surface area is 126 Å². The van der Waals surface area contributed by atoms with Gasteiger partial charge in [0.25, 0.3) is 0 Å². The molecule has 7 heteroatoms. The monoisotopic (exact) mass is 301 g/mol.